The summed E-state index contributed by atoms with van der Waals surface area (Å²) in [6, 6.07) is 15.2. The Morgan fingerprint density at radius 2 is 1.21 bits per heavy atom. The maximum absolute atomic E-state index is 12.4. The van der Waals surface area contributed by atoms with Crippen LogP contribution in [0.3, 0.4) is 0 Å². The molecule has 0 fully saturated rings. The van der Waals surface area contributed by atoms with Crippen LogP contribution in [0.2, 0.25) is 0 Å². The van der Waals surface area contributed by atoms with Gasteiger partial charge in [-0.15, -0.1) is 0 Å². The number of hydrogen-bond donors (Lipinski definition) is 0. The highest BCUT2D eigenvalue weighted by atomic mass is 31.1. The summed E-state index contributed by atoms with van der Waals surface area (Å²) in [4.78, 5) is 0. The predicted octanol–water partition coefficient (Wildman–Crippen LogP) is 6.40. The van der Waals surface area contributed by atoms with Gasteiger partial charge in [-0.2, -0.15) is 0 Å². The van der Waals surface area contributed by atoms with Crippen LogP contribution < -0.4 is 9.05 Å². The van der Waals surface area contributed by atoms with Gasteiger partial charge in [-0.1, -0.05) is 77.9 Å². The van der Waals surface area contributed by atoms with E-state index in [4.69, 9.17) is 9.05 Å². The van der Waals surface area contributed by atoms with Crippen LogP contribution in [-0.2, 0) is 15.4 Å². The van der Waals surface area contributed by atoms with Crippen LogP contribution in [0.4, 0.5) is 0 Å². The fourth-order valence-corrected chi connectivity index (χ4v) is 3.15. The van der Waals surface area contributed by atoms with Crippen LogP contribution in [0, 0.1) is 0 Å². The van der Waals surface area contributed by atoms with Gasteiger partial charge in [-0.3, -0.25) is 0 Å². The summed E-state index contributed by atoms with van der Waals surface area (Å²) < 4.78 is 23.7. The van der Waals surface area contributed by atoms with Crippen molar-refractivity contribution in [2.45, 2.75) is 52.4 Å². The molecular weight excluding hydrogens is 319 g/mol. The highest BCUT2D eigenvalue weighted by Gasteiger charge is 2.34. The second-order valence-electron chi connectivity index (χ2n) is 7.90. The smallest absolute Gasteiger partial charge is 0.222 e. The monoisotopic (exact) mass is 345 g/mol. The summed E-state index contributed by atoms with van der Waals surface area (Å²) >= 11 is 0. The molecule has 2 rings (SSSR count). The Kier molecular flexibility index (Phi) is 5.35. The summed E-state index contributed by atoms with van der Waals surface area (Å²) in [6.07, 6.45) is 0. The van der Waals surface area contributed by atoms with E-state index in [1.165, 1.54) is 0 Å². The molecule has 0 aliphatic heterocycles. The molecule has 0 amide bonds. The fourth-order valence-electron chi connectivity index (χ4n) is 2.48. The Hall–Kier alpha value is -1.86. The van der Waals surface area contributed by atoms with E-state index in [-0.39, 0.29) is 10.8 Å². The van der Waals surface area contributed by atoms with Gasteiger partial charge in [0.1, 0.15) is 0 Å². The third kappa shape index (κ3) is 4.58. The lowest BCUT2D eigenvalue weighted by Gasteiger charge is -2.26. The molecule has 24 heavy (non-hydrogen) atoms. The average molecular weight is 345 g/mol. The first-order valence-electron chi connectivity index (χ1n) is 8.11. The summed E-state index contributed by atoms with van der Waals surface area (Å²) in [6.45, 7) is 12.7. The minimum Gasteiger partial charge on any atom is -0.222 e. The molecule has 2 aromatic carbocycles. The zero-order chi connectivity index (χ0) is 18.0. The van der Waals surface area contributed by atoms with Crippen molar-refractivity contribution in [1.29, 1.82) is 0 Å². The quantitative estimate of drug-likeness (QED) is 0.602. The van der Waals surface area contributed by atoms with Crippen molar-refractivity contribution in [2.24, 2.45) is 0 Å². The van der Waals surface area contributed by atoms with Crippen LogP contribution in [0.25, 0.3) is 0 Å². The van der Waals surface area contributed by atoms with Gasteiger partial charge in [0.05, 0.1) is 0 Å². The van der Waals surface area contributed by atoms with Gasteiger partial charge in [0, 0.05) is 15.7 Å². The Morgan fingerprint density at radius 1 is 0.708 bits per heavy atom. The van der Waals surface area contributed by atoms with Crippen LogP contribution >= 0.6 is 8.25 Å². The highest BCUT2D eigenvalue weighted by molar-refractivity contribution is 7.34. The fraction of sp³-hybridized carbons (Fsp3) is 0.400. The van der Waals surface area contributed by atoms with Gasteiger partial charge < -0.3 is 0 Å². The van der Waals surface area contributed by atoms with Crippen molar-refractivity contribution in [1.82, 2.24) is 0 Å². The molecule has 0 aliphatic carbocycles. The number of para-hydroxylation sites is 2. The van der Waals surface area contributed by atoms with Gasteiger partial charge >= 0.3 is 8.25 Å². The first-order valence-corrected chi connectivity index (χ1v) is 9.21. The molecule has 4 heteroatoms. The zero-order valence-corrected chi connectivity index (χ0v) is 16.2. The molecule has 0 aliphatic rings. The molecule has 0 N–H and O–H groups in total. The summed E-state index contributed by atoms with van der Waals surface area (Å²) in [5.74, 6) is 1.19. The molecule has 1 unspecified atom stereocenters. The second kappa shape index (κ2) is 6.94. The van der Waals surface area contributed by atoms with Crippen LogP contribution in [0.15, 0.2) is 48.5 Å². The second-order valence-corrected chi connectivity index (χ2v) is 8.71. The lowest BCUT2D eigenvalue weighted by molar-refractivity contribution is 0.401. The molecule has 1 atom stereocenters. The maximum Gasteiger partial charge on any atom is 0.805 e. The lowest BCUT2D eigenvalue weighted by Crippen LogP contribution is -2.18. The van der Waals surface area contributed by atoms with E-state index in [2.05, 4.69) is 41.5 Å². The van der Waals surface area contributed by atoms with E-state index in [1.807, 2.05) is 36.4 Å². The molecule has 3 nitrogen and oxygen atoms in total. The third-order valence-electron chi connectivity index (χ3n) is 3.72. The third-order valence-corrected chi connectivity index (χ3v) is 4.41. The zero-order valence-electron chi connectivity index (χ0n) is 15.3. The van der Waals surface area contributed by atoms with E-state index in [0.29, 0.717) is 11.5 Å². The normalized spacial score (nSPS) is 12.7. The van der Waals surface area contributed by atoms with Crippen LogP contribution in [-0.4, -0.2) is 0 Å². The molecule has 0 heterocycles. The first kappa shape index (κ1) is 18.5. The molecule has 0 saturated carbocycles. The van der Waals surface area contributed by atoms with Crippen molar-refractivity contribution < 1.29 is 13.6 Å². The van der Waals surface area contributed by atoms with Gasteiger partial charge in [-0.05, 0) is 23.0 Å². The number of hydrogen-bond acceptors (Lipinski definition) is 3. The molecular formula is C20H26O3P+. The summed E-state index contributed by atoms with van der Waals surface area (Å²) in [5.41, 5.74) is 1.80. The van der Waals surface area contributed by atoms with Crippen molar-refractivity contribution in [3.63, 3.8) is 0 Å². The number of benzene rings is 2. The SMILES string of the molecule is CC(C)(C)c1cccc(C(C)(C)C)c1O[P+](=O)Oc1ccccc1. The predicted molar refractivity (Wildman–Crippen MR) is 99.1 cm³/mol. The van der Waals surface area contributed by atoms with E-state index < -0.39 is 8.25 Å². The molecule has 0 bridgehead atoms. The first-order chi connectivity index (χ1) is 11.1. The Morgan fingerprint density at radius 3 is 1.67 bits per heavy atom. The Labute approximate surface area is 146 Å². The van der Waals surface area contributed by atoms with E-state index in [1.54, 1.807) is 12.1 Å². The van der Waals surface area contributed by atoms with Crippen molar-refractivity contribution in [3.05, 3.63) is 59.7 Å². The summed E-state index contributed by atoms with van der Waals surface area (Å²) in [5, 5.41) is 0. The molecule has 2 aromatic rings. The number of rotatable bonds is 4. The van der Waals surface area contributed by atoms with Crippen molar-refractivity contribution >= 4 is 8.25 Å². The van der Waals surface area contributed by atoms with Gasteiger partial charge in [0.2, 0.25) is 0 Å². The summed E-state index contributed by atoms with van der Waals surface area (Å²) in [7, 11) is -2.31. The van der Waals surface area contributed by atoms with Crippen molar-refractivity contribution in [2.75, 3.05) is 0 Å². The van der Waals surface area contributed by atoms with Crippen LogP contribution in [0.1, 0.15) is 52.7 Å². The minimum atomic E-state index is -2.31. The molecule has 0 saturated heterocycles. The average Bonchev–Trinajstić information content (AvgIpc) is 2.46. The molecule has 0 radical (unpaired) electrons. The van der Waals surface area contributed by atoms with Crippen molar-refractivity contribution in [3.8, 4) is 11.5 Å². The van der Waals surface area contributed by atoms with Gasteiger partial charge in [0.15, 0.2) is 11.5 Å². The largest absolute Gasteiger partial charge is 0.805 e. The highest BCUT2D eigenvalue weighted by Crippen LogP contribution is 2.43. The van der Waals surface area contributed by atoms with E-state index in [0.717, 1.165) is 11.1 Å². The standard InChI is InChI=1S/C20H26O3P/c1-19(2,3)16-13-10-14-17(20(4,5)6)18(16)23-24(21)22-15-11-8-7-9-12-15/h7-14H,1-6H3/q+1. The lowest BCUT2D eigenvalue weighted by atomic mass is 9.80. The van der Waals surface area contributed by atoms with Gasteiger partial charge in [0.25, 0.3) is 0 Å². The van der Waals surface area contributed by atoms with E-state index in [9.17, 15) is 4.57 Å². The molecule has 0 aromatic heterocycles. The van der Waals surface area contributed by atoms with Crippen LogP contribution in [0.5, 0.6) is 11.5 Å². The van der Waals surface area contributed by atoms with E-state index >= 15 is 0 Å². The Balaban J connectivity index is 2.38. The topological polar surface area (TPSA) is 35.5 Å². The molecule has 0 spiro atoms. The Bertz CT molecular complexity index is 678. The maximum atomic E-state index is 12.4. The molecule has 128 valence electrons. The minimum absolute atomic E-state index is 0.125. The van der Waals surface area contributed by atoms with Gasteiger partial charge in [-0.25, -0.2) is 9.05 Å².